The fourth-order valence-electron chi connectivity index (χ4n) is 3.31. The standard InChI is InChI=1S/C21H20ClN3O2/c22-16-10-8-15(9-11-16)19(14-5-2-1-3-6-14)25-20(26)18-13-27-21(24-18)17-7-4-12-23-17/h1-3,5-6,8-11,13,17,19,23H,4,7,12H2,(H,25,26). The smallest absolute Gasteiger partial charge is 0.273 e. The number of rotatable bonds is 5. The topological polar surface area (TPSA) is 67.2 Å². The first-order chi connectivity index (χ1) is 13.2. The molecule has 2 atom stereocenters. The van der Waals surface area contributed by atoms with Crippen LogP contribution in [0.4, 0.5) is 0 Å². The zero-order valence-corrected chi connectivity index (χ0v) is 15.4. The molecule has 1 saturated heterocycles. The van der Waals surface area contributed by atoms with Crippen LogP contribution >= 0.6 is 11.6 Å². The van der Waals surface area contributed by atoms with Crippen LogP contribution in [-0.4, -0.2) is 17.4 Å². The van der Waals surface area contributed by atoms with Crippen molar-refractivity contribution >= 4 is 17.5 Å². The lowest BCUT2D eigenvalue weighted by molar-refractivity contribution is 0.0938. The van der Waals surface area contributed by atoms with E-state index in [9.17, 15) is 4.79 Å². The highest BCUT2D eigenvalue weighted by Crippen LogP contribution is 2.25. The number of benzene rings is 2. The summed E-state index contributed by atoms with van der Waals surface area (Å²) in [5.41, 5.74) is 2.21. The molecule has 0 spiro atoms. The lowest BCUT2D eigenvalue weighted by Crippen LogP contribution is -2.29. The molecule has 3 aromatic rings. The van der Waals surface area contributed by atoms with Crippen molar-refractivity contribution in [2.45, 2.75) is 24.9 Å². The third-order valence-corrected chi connectivity index (χ3v) is 4.98. The molecule has 0 radical (unpaired) electrons. The SMILES string of the molecule is O=C(NC(c1ccccc1)c1ccc(Cl)cc1)c1coc(C2CCCN2)n1. The third-order valence-electron chi connectivity index (χ3n) is 4.72. The highest BCUT2D eigenvalue weighted by Gasteiger charge is 2.24. The minimum atomic E-state index is -0.305. The molecule has 2 heterocycles. The Balaban J connectivity index is 1.57. The van der Waals surface area contributed by atoms with E-state index in [0.29, 0.717) is 10.9 Å². The molecule has 2 aromatic carbocycles. The van der Waals surface area contributed by atoms with Gasteiger partial charge < -0.3 is 15.1 Å². The van der Waals surface area contributed by atoms with Crippen LogP contribution in [-0.2, 0) is 0 Å². The predicted molar refractivity (Wildman–Crippen MR) is 104 cm³/mol. The maximum atomic E-state index is 12.8. The van der Waals surface area contributed by atoms with E-state index in [0.717, 1.165) is 30.5 Å². The second-order valence-corrected chi connectivity index (χ2v) is 7.03. The van der Waals surface area contributed by atoms with Crippen molar-refractivity contribution in [1.29, 1.82) is 0 Å². The number of hydrogen-bond donors (Lipinski definition) is 2. The zero-order chi connectivity index (χ0) is 18.6. The first-order valence-corrected chi connectivity index (χ1v) is 9.38. The van der Waals surface area contributed by atoms with Crippen LogP contribution in [0.1, 0.15) is 52.4 Å². The Labute approximate surface area is 162 Å². The molecule has 1 fully saturated rings. The number of carbonyl (C=O) groups excluding carboxylic acids is 1. The number of halogens is 1. The molecular weight excluding hydrogens is 362 g/mol. The molecule has 138 valence electrons. The molecule has 1 aliphatic rings. The molecule has 2 unspecified atom stereocenters. The monoisotopic (exact) mass is 381 g/mol. The molecule has 1 amide bonds. The summed E-state index contributed by atoms with van der Waals surface area (Å²) in [6, 6.07) is 17.1. The van der Waals surface area contributed by atoms with Crippen molar-refractivity contribution < 1.29 is 9.21 Å². The summed E-state index contributed by atoms with van der Waals surface area (Å²) in [5, 5.41) is 7.04. The van der Waals surface area contributed by atoms with Crippen molar-refractivity contribution in [2.75, 3.05) is 6.54 Å². The average molecular weight is 382 g/mol. The number of hydrogen-bond acceptors (Lipinski definition) is 4. The van der Waals surface area contributed by atoms with Crippen LogP contribution in [0.15, 0.2) is 65.3 Å². The average Bonchev–Trinajstić information content (AvgIpc) is 3.39. The van der Waals surface area contributed by atoms with Gasteiger partial charge in [-0.3, -0.25) is 4.79 Å². The number of aromatic nitrogens is 1. The normalized spacial score (nSPS) is 17.6. The van der Waals surface area contributed by atoms with E-state index in [1.54, 1.807) is 0 Å². The van der Waals surface area contributed by atoms with Crippen LogP contribution in [0.5, 0.6) is 0 Å². The van der Waals surface area contributed by atoms with Gasteiger partial charge in [-0.25, -0.2) is 4.98 Å². The van der Waals surface area contributed by atoms with Crippen LogP contribution in [0.25, 0.3) is 0 Å². The quantitative estimate of drug-likeness (QED) is 0.692. The van der Waals surface area contributed by atoms with Gasteiger partial charge in [-0.15, -0.1) is 0 Å². The summed E-state index contributed by atoms with van der Waals surface area (Å²) < 4.78 is 5.53. The molecule has 27 heavy (non-hydrogen) atoms. The Morgan fingerprint density at radius 1 is 1.15 bits per heavy atom. The zero-order valence-electron chi connectivity index (χ0n) is 14.7. The minimum absolute atomic E-state index is 0.0905. The van der Waals surface area contributed by atoms with Crippen molar-refractivity contribution in [3.8, 4) is 0 Å². The van der Waals surface area contributed by atoms with Gasteiger partial charge in [-0.2, -0.15) is 0 Å². The lowest BCUT2D eigenvalue weighted by atomic mass is 9.98. The highest BCUT2D eigenvalue weighted by molar-refractivity contribution is 6.30. The van der Waals surface area contributed by atoms with E-state index in [2.05, 4.69) is 15.6 Å². The second kappa shape index (κ2) is 7.94. The van der Waals surface area contributed by atoms with E-state index in [1.807, 2.05) is 54.6 Å². The molecule has 0 saturated carbocycles. The van der Waals surface area contributed by atoms with Gasteiger partial charge in [0.15, 0.2) is 5.69 Å². The van der Waals surface area contributed by atoms with Crippen LogP contribution in [0, 0.1) is 0 Å². The van der Waals surface area contributed by atoms with Crippen molar-refractivity contribution in [3.05, 3.63) is 88.6 Å². The number of carbonyl (C=O) groups is 1. The maximum Gasteiger partial charge on any atom is 0.273 e. The lowest BCUT2D eigenvalue weighted by Gasteiger charge is -2.19. The van der Waals surface area contributed by atoms with Gasteiger partial charge in [-0.05, 0) is 42.6 Å². The summed E-state index contributed by atoms with van der Waals surface area (Å²) in [5.74, 6) is 0.298. The van der Waals surface area contributed by atoms with Crippen molar-refractivity contribution in [1.82, 2.24) is 15.6 Å². The highest BCUT2D eigenvalue weighted by atomic mass is 35.5. The Kier molecular flexibility index (Phi) is 5.23. The van der Waals surface area contributed by atoms with Crippen molar-refractivity contribution in [2.24, 2.45) is 0 Å². The first kappa shape index (κ1) is 17.8. The summed E-state index contributed by atoms with van der Waals surface area (Å²) in [7, 11) is 0. The van der Waals surface area contributed by atoms with E-state index >= 15 is 0 Å². The Bertz CT molecular complexity index is 903. The molecule has 4 rings (SSSR count). The third kappa shape index (κ3) is 4.04. The predicted octanol–water partition coefficient (Wildman–Crippen LogP) is 4.27. The molecular formula is C21H20ClN3O2. The van der Waals surface area contributed by atoms with Gasteiger partial charge in [0, 0.05) is 5.02 Å². The van der Waals surface area contributed by atoms with Gasteiger partial charge in [0.1, 0.15) is 6.26 Å². The molecule has 0 bridgehead atoms. The van der Waals surface area contributed by atoms with E-state index in [-0.39, 0.29) is 23.7 Å². The summed E-state index contributed by atoms with van der Waals surface area (Å²) >= 11 is 6.01. The number of nitrogens with zero attached hydrogens (tertiary/aromatic N) is 1. The van der Waals surface area contributed by atoms with Gasteiger partial charge in [0.2, 0.25) is 5.89 Å². The summed E-state index contributed by atoms with van der Waals surface area (Å²) in [6.07, 6.45) is 3.48. The summed E-state index contributed by atoms with van der Waals surface area (Å²) in [6.45, 7) is 0.946. The minimum Gasteiger partial charge on any atom is -0.446 e. The number of oxazole rings is 1. The fraction of sp³-hybridized carbons (Fsp3) is 0.238. The van der Waals surface area contributed by atoms with Gasteiger partial charge in [0.25, 0.3) is 5.91 Å². The Morgan fingerprint density at radius 2 is 1.89 bits per heavy atom. The molecule has 1 aliphatic heterocycles. The van der Waals surface area contributed by atoms with Crippen LogP contribution < -0.4 is 10.6 Å². The fourth-order valence-corrected chi connectivity index (χ4v) is 3.44. The van der Waals surface area contributed by atoms with Crippen molar-refractivity contribution in [3.63, 3.8) is 0 Å². The molecule has 6 heteroatoms. The molecule has 1 aromatic heterocycles. The number of nitrogens with one attached hydrogen (secondary N) is 2. The Hall–Kier alpha value is -2.63. The van der Waals surface area contributed by atoms with Crippen LogP contribution in [0.3, 0.4) is 0 Å². The Morgan fingerprint density at radius 3 is 2.59 bits per heavy atom. The molecule has 0 aliphatic carbocycles. The molecule has 5 nitrogen and oxygen atoms in total. The first-order valence-electron chi connectivity index (χ1n) is 9.01. The maximum absolute atomic E-state index is 12.8. The van der Waals surface area contributed by atoms with Crippen LogP contribution in [0.2, 0.25) is 5.02 Å². The van der Waals surface area contributed by atoms with E-state index < -0.39 is 0 Å². The van der Waals surface area contributed by atoms with E-state index in [4.69, 9.17) is 16.0 Å². The molecule has 2 N–H and O–H groups in total. The largest absolute Gasteiger partial charge is 0.446 e. The second-order valence-electron chi connectivity index (χ2n) is 6.59. The summed E-state index contributed by atoms with van der Waals surface area (Å²) in [4.78, 5) is 17.2. The van der Waals surface area contributed by atoms with Gasteiger partial charge in [0.05, 0.1) is 12.1 Å². The van der Waals surface area contributed by atoms with Gasteiger partial charge in [-0.1, -0.05) is 54.1 Å². The van der Waals surface area contributed by atoms with E-state index in [1.165, 1.54) is 6.26 Å². The number of amides is 1. The van der Waals surface area contributed by atoms with Gasteiger partial charge >= 0.3 is 0 Å².